The number of pyridine rings is 1. The number of allylic oxidation sites excluding steroid dienone is 1. The summed E-state index contributed by atoms with van der Waals surface area (Å²) in [5.74, 6) is 7.41. The Morgan fingerprint density at radius 3 is 2.83 bits per heavy atom. The molecule has 1 atom stereocenters. The number of benzene rings is 1. The fourth-order valence-corrected chi connectivity index (χ4v) is 5.71. The van der Waals surface area contributed by atoms with Gasteiger partial charge in [0.2, 0.25) is 0 Å². The summed E-state index contributed by atoms with van der Waals surface area (Å²) in [6.07, 6.45) is 11.0. The molecule has 2 aromatic heterocycles. The third-order valence-electron chi connectivity index (χ3n) is 6.89. The van der Waals surface area contributed by atoms with Gasteiger partial charge in [-0.3, -0.25) is 15.0 Å². The van der Waals surface area contributed by atoms with Crippen molar-refractivity contribution in [2.45, 2.75) is 43.2 Å². The zero-order valence-electron chi connectivity index (χ0n) is 23.5. The minimum absolute atomic E-state index is 0.0122. The van der Waals surface area contributed by atoms with Gasteiger partial charge in [0, 0.05) is 43.2 Å². The van der Waals surface area contributed by atoms with E-state index in [-0.39, 0.29) is 13.2 Å². The summed E-state index contributed by atoms with van der Waals surface area (Å²) >= 11 is 1.72. The van der Waals surface area contributed by atoms with Crippen LogP contribution in [-0.2, 0) is 11.3 Å². The fraction of sp³-hybridized carbons (Fsp3) is 0.400. The predicted molar refractivity (Wildman–Crippen MR) is 158 cm³/mol. The van der Waals surface area contributed by atoms with Crippen LogP contribution in [0.4, 0.5) is 4.79 Å². The van der Waals surface area contributed by atoms with E-state index in [1.807, 2.05) is 53.0 Å². The Morgan fingerprint density at radius 2 is 2.07 bits per heavy atom. The van der Waals surface area contributed by atoms with Crippen molar-refractivity contribution in [2.24, 2.45) is 0 Å². The zero-order valence-corrected chi connectivity index (χ0v) is 24.3. The third-order valence-corrected chi connectivity index (χ3v) is 8.06. The lowest BCUT2D eigenvalue weighted by Gasteiger charge is -2.31. The van der Waals surface area contributed by atoms with Crippen LogP contribution >= 0.6 is 11.8 Å². The number of thioether (sulfide) groups is 1. The first-order valence-electron chi connectivity index (χ1n) is 13.8. The van der Waals surface area contributed by atoms with Crippen LogP contribution in [0.15, 0.2) is 60.0 Å². The van der Waals surface area contributed by atoms with Crippen molar-refractivity contribution in [3.63, 3.8) is 0 Å². The molecule has 1 fully saturated rings. The minimum Gasteiger partial charge on any atom is -0.486 e. The molecule has 0 radical (unpaired) electrons. The second-order valence-corrected chi connectivity index (χ2v) is 11.2. The van der Waals surface area contributed by atoms with Crippen LogP contribution in [0.5, 0.6) is 5.75 Å². The summed E-state index contributed by atoms with van der Waals surface area (Å²) in [5.41, 5.74) is 5.47. The number of carbonyl (C=O) groups is 1. The lowest BCUT2D eigenvalue weighted by molar-refractivity contribution is 0.0821. The first-order chi connectivity index (χ1) is 20.0. The lowest BCUT2D eigenvalue weighted by Crippen LogP contribution is -2.52. The Labute approximate surface area is 245 Å². The number of piperazine rings is 1. The van der Waals surface area contributed by atoms with E-state index in [0.29, 0.717) is 16.8 Å². The van der Waals surface area contributed by atoms with E-state index >= 15 is 0 Å². The number of carbonyl (C=O) groups excluding carboxylic acids is 1. The molecule has 0 spiro atoms. The van der Waals surface area contributed by atoms with Gasteiger partial charge in [-0.15, -0.1) is 10.2 Å². The quantitative estimate of drug-likeness (QED) is 0.317. The molecule has 1 N–H and O–H groups in total. The van der Waals surface area contributed by atoms with Gasteiger partial charge in [0.1, 0.15) is 12.4 Å². The largest absolute Gasteiger partial charge is 0.486 e. The van der Waals surface area contributed by atoms with Crippen molar-refractivity contribution >= 4 is 17.9 Å². The molecule has 0 saturated carbocycles. The lowest BCUT2D eigenvalue weighted by atomic mass is 10.1. The van der Waals surface area contributed by atoms with Crippen molar-refractivity contribution in [2.75, 3.05) is 39.8 Å². The number of nitrogens with zero attached hydrogens (tertiary/aromatic N) is 6. The molecule has 0 bridgehead atoms. The smallest absolute Gasteiger partial charge is 0.422 e. The molecule has 2 aliphatic rings. The Hall–Kier alpha value is -3.85. The number of rotatable bonds is 8. The van der Waals surface area contributed by atoms with Gasteiger partial charge in [-0.1, -0.05) is 35.8 Å². The third kappa shape index (κ3) is 8.10. The van der Waals surface area contributed by atoms with Crippen molar-refractivity contribution in [1.82, 2.24) is 35.1 Å². The van der Waals surface area contributed by atoms with E-state index in [2.05, 4.69) is 56.5 Å². The number of aromatic nitrogens is 4. The van der Waals surface area contributed by atoms with Crippen molar-refractivity contribution in [3.05, 3.63) is 71.8 Å². The van der Waals surface area contributed by atoms with Crippen molar-refractivity contribution in [1.29, 1.82) is 0 Å². The molecule has 5 rings (SSSR count). The van der Waals surface area contributed by atoms with E-state index in [9.17, 15) is 4.79 Å². The van der Waals surface area contributed by atoms with Crippen LogP contribution in [0.25, 0.3) is 5.69 Å². The average Bonchev–Trinajstić information content (AvgIpc) is 3.39. The monoisotopic (exact) mass is 573 g/mol. The Kier molecular flexibility index (Phi) is 9.91. The number of hydrogen-bond donors (Lipinski definition) is 1. The summed E-state index contributed by atoms with van der Waals surface area (Å²) in [6.45, 7) is 5.59. The number of ether oxygens (including phenoxy) is 2. The zero-order chi connectivity index (χ0) is 28.4. The van der Waals surface area contributed by atoms with Crippen LogP contribution < -0.4 is 10.2 Å². The first kappa shape index (κ1) is 28.7. The molecule has 1 aliphatic heterocycles. The van der Waals surface area contributed by atoms with Crippen LogP contribution in [0.3, 0.4) is 0 Å². The van der Waals surface area contributed by atoms with Crippen molar-refractivity contribution < 1.29 is 14.3 Å². The van der Waals surface area contributed by atoms with Crippen LogP contribution in [0.1, 0.15) is 36.2 Å². The van der Waals surface area contributed by atoms with Gasteiger partial charge in [0.25, 0.3) is 0 Å². The van der Waals surface area contributed by atoms with E-state index < -0.39 is 6.09 Å². The summed E-state index contributed by atoms with van der Waals surface area (Å²) in [6, 6.07) is 9.63. The van der Waals surface area contributed by atoms with Crippen LogP contribution in [-0.4, -0.2) is 80.8 Å². The Morgan fingerprint density at radius 1 is 1.20 bits per heavy atom. The van der Waals surface area contributed by atoms with Gasteiger partial charge in [-0.25, -0.2) is 9.80 Å². The maximum absolute atomic E-state index is 12.0. The Bertz CT molecular complexity index is 1410. The molecule has 214 valence electrons. The maximum Gasteiger partial charge on any atom is 0.422 e. The van der Waals surface area contributed by atoms with Gasteiger partial charge in [0.15, 0.2) is 17.6 Å². The molecule has 41 heavy (non-hydrogen) atoms. The van der Waals surface area contributed by atoms with E-state index in [0.717, 1.165) is 61.0 Å². The highest BCUT2D eigenvalue weighted by Crippen LogP contribution is 2.31. The van der Waals surface area contributed by atoms with Crippen LogP contribution in [0.2, 0.25) is 0 Å². The molecule has 11 heteroatoms. The molecular weight excluding hydrogens is 538 g/mol. The summed E-state index contributed by atoms with van der Waals surface area (Å²) in [4.78, 5) is 18.5. The highest BCUT2D eigenvalue weighted by atomic mass is 32.2. The molecule has 10 nitrogen and oxygen atoms in total. The second-order valence-electron chi connectivity index (χ2n) is 10.0. The number of likely N-dealkylation sites (N-methyl/N-ethyl adjacent to an activating group) is 1. The average molecular weight is 574 g/mol. The normalized spacial score (nSPS) is 17.5. The predicted octanol–water partition coefficient (Wildman–Crippen LogP) is 3.99. The Balaban J connectivity index is 1.17. The van der Waals surface area contributed by atoms with E-state index in [1.54, 1.807) is 18.0 Å². The van der Waals surface area contributed by atoms with Gasteiger partial charge >= 0.3 is 6.09 Å². The van der Waals surface area contributed by atoms with Crippen molar-refractivity contribution in [3.8, 4) is 23.3 Å². The van der Waals surface area contributed by atoms with E-state index in [1.165, 1.54) is 6.42 Å². The first-order valence-corrected chi connectivity index (χ1v) is 14.7. The molecule has 1 saturated heterocycles. The SMILES string of the molecule is Cc1cc(OCc2nnc(SC3C=CCCC3)n2-c2cccnc2)ccc1C#CCOC(=O)NN1CCN(C)CC1. The molecule has 3 aromatic rings. The highest BCUT2D eigenvalue weighted by Gasteiger charge is 2.20. The van der Waals surface area contributed by atoms with Gasteiger partial charge < -0.3 is 14.4 Å². The minimum atomic E-state index is -0.486. The molecule has 1 aromatic carbocycles. The molecule has 1 unspecified atom stereocenters. The fourth-order valence-electron chi connectivity index (χ4n) is 4.56. The number of amides is 1. The van der Waals surface area contributed by atoms with Gasteiger partial charge in [-0.2, -0.15) is 0 Å². The highest BCUT2D eigenvalue weighted by molar-refractivity contribution is 7.99. The summed E-state index contributed by atoms with van der Waals surface area (Å²) in [5, 5.41) is 12.0. The number of nitrogens with one attached hydrogen (secondary N) is 1. The second kappa shape index (κ2) is 14.2. The van der Waals surface area contributed by atoms with Gasteiger partial charge in [0.05, 0.1) is 11.9 Å². The molecule has 1 amide bonds. The van der Waals surface area contributed by atoms with Crippen LogP contribution in [0, 0.1) is 18.8 Å². The standard InChI is InChI=1S/C30H35N7O3S/c1-23-20-26(13-12-24(23)8-7-19-39-30(38)34-36-17-15-35(2)16-18-36)40-22-28-32-33-29(41-27-10-4-3-5-11-27)37(28)25-9-6-14-31-21-25/h4,6,9-10,12-14,20-21,27H,3,5,11,15-19,22H2,1-2H3,(H,34,38). The van der Waals surface area contributed by atoms with Gasteiger partial charge in [-0.05, 0) is 69.1 Å². The molecule has 3 heterocycles. The van der Waals surface area contributed by atoms with E-state index in [4.69, 9.17) is 9.47 Å². The molecule has 1 aliphatic carbocycles. The number of hydrazine groups is 1. The topological polar surface area (TPSA) is 97.6 Å². The summed E-state index contributed by atoms with van der Waals surface area (Å²) < 4.78 is 13.4. The molecular formula is C30H35N7O3S. The maximum atomic E-state index is 12.0. The summed E-state index contributed by atoms with van der Waals surface area (Å²) in [7, 11) is 2.06. The number of aryl methyl sites for hydroxylation is 1. The number of hydrogen-bond acceptors (Lipinski definition) is 9.